The molecule has 2 aliphatic carbocycles. The summed E-state index contributed by atoms with van der Waals surface area (Å²) in [4.78, 5) is 0. The SMILES string of the molecule is COC(CC(CN)NCC(C1CC1)C1CC1)OC. The van der Waals surface area contributed by atoms with Gasteiger partial charge in [-0.3, -0.25) is 0 Å². The van der Waals surface area contributed by atoms with E-state index in [1.165, 1.54) is 25.7 Å². The predicted molar refractivity (Wildman–Crippen MR) is 72.2 cm³/mol. The van der Waals surface area contributed by atoms with Gasteiger partial charge in [-0.25, -0.2) is 0 Å². The van der Waals surface area contributed by atoms with Crippen molar-refractivity contribution >= 4 is 0 Å². The summed E-state index contributed by atoms with van der Waals surface area (Å²) in [6.45, 7) is 1.77. The van der Waals surface area contributed by atoms with Crippen LogP contribution in [0.4, 0.5) is 0 Å². The van der Waals surface area contributed by atoms with Crippen molar-refractivity contribution in [3.63, 3.8) is 0 Å². The molecule has 0 bridgehead atoms. The molecule has 106 valence electrons. The molecule has 2 aliphatic rings. The topological polar surface area (TPSA) is 56.5 Å². The number of ether oxygens (including phenoxy) is 2. The fourth-order valence-corrected chi connectivity index (χ4v) is 2.85. The molecular weight excluding hydrogens is 228 g/mol. The van der Waals surface area contributed by atoms with Gasteiger partial charge in [0.1, 0.15) is 0 Å². The molecule has 2 fully saturated rings. The number of hydrogen-bond donors (Lipinski definition) is 2. The highest BCUT2D eigenvalue weighted by Crippen LogP contribution is 2.48. The van der Waals surface area contributed by atoms with Crippen molar-refractivity contribution in [1.82, 2.24) is 5.32 Å². The first kappa shape index (κ1) is 14.3. The molecule has 1 unspecified atom stereocenters. The third kappa shape index (κ3) is 4.19. The minimum absolute atomic E-state index is 0.147. The molecule has 0 spiro atoms. The van der Waals surface area contributed by atoms with E-state index in [2.05, 4.69) is 5.32 Å². The summed E-state index contributed by atoms with van der Waals surface area (Å²) in [5.41, 5.74) is 5.83. The lowest BCUT2D eigenvalue weighted by Crippen LogP contribution is -2.42. The molecule has 1 atom stereocenters. The molecule has 0 amide bonds. The number of nitrogens with two attached hydrogens (primary N) is 1. The molecule has 0 aromatic heterocycles. The molecule has 3 N–H and O–H groups in total. The fraction of sp³-hybridized carbons (Fsp3) is 1.00. The van der Waals surface area contributed by atoms with Crippen LogP contribution in [0.15, 0.2) is 0 Å². The molecule has 2 rings (SSSR count). The van der Waals surface area contributed by atoms with Crippen molar-refractivity contribution in [2.24, 2.45) is 23.5 Å². The van der Waals surface area contributed by atoms with E-state index < -0.39 is 0 Å². The molecule has 2 saturated carbocycles. The van der Waals surface area contributed by atoms with Crippen LogP contribution in [0.2, 0.25) is 0 Å². The van der Waals surface area contributed by atoms with Crippen molar-refractivity contribution in [1.29, 1.82) is 0 Å². The maximum atomic E-state index is 5.83. The summed E-state index contributed by atoms with van der Waals surface area (Å²) in [5.74, 6) is 2.87. The second kappa shape index (κ2) is 6.85. The van der Waals surface area contributed by atoms with Gasteiger partial charge in [0.25, 0.3) is 0 Å². The van der Waals surface area contributed by atoms with Crippen LogP contribution in [0, 0.1) is 17.8 Å². The van der Waals surface area contributed by atoms with Gasteiger partial charge in [-0.05, 0) is 50.0 Å². The summed E-state index contributed by atoms with van der Waals surface area (Å²) >= 11 is 0. The smallest absolute Gasteiger partial charge is 0.158 e. The summed E-state index contributed by atoms with van der Waals surface area (Å²) in [6, 6.07) is 0.301. The van der Waals surface area contributed by atoms with E-state index in [0.717, 1.165) is 30.7 Å². The van der Waals surface area contributed by atoms with Gasteiger partial charge in [0.05, 0.1) is 0 Å². The molecule has 0 aromatic carbocycles. The largest absolute Gasteiger partial charge is 0.356 e. The Morgan fingerprint density at radius 1 is 1.11 bits per heavy atom. The van der Waals surface area contributed by atoms with Gasteiger partial charge in [-0.2, -0.15) is 0 Å². The number of methoxy groups -OCH3 is 2. The van der Waals surface area contributed by atoms with Crippen LogP contribution < -0.4 is 11.1 Å². The average Bonchev–Trinajstić information content (AvgIpc) is 3.27. The highest BCUT2D eigenvalue weighted by atomic mass is 16.7. The molecule has 0 aliphatic heterocycles. The normalized spacial score (nSPS) is 21.8. The first-order valence-electron chi connectivity index (χ1n) is 7.27. The minimum atomic E-state index is -0.147. The Hall–Kier alpha value is -0.160. The van der Waals surface area contributed by atoms with Gasteiger partial charge in [-0.15, -0.1) is 0 Å². The van der Waals surface area contributed by atoms with Crippen LogP contribution >= 0.6 is 0 Å². The van der Waals surface area contributed by atoms with Crippen LogP contribution in [0.25, 0.3) is 0 Å². The van der Waals surface area contributed by atoms with Gasteiger partial charge >= 0.3 is 0 Å². The highest BCUT2D eigenvalue weighted by Gasteiger charge is 2.41. The molecule has 4 heteroatoms. The Bertz CT molecular complexity index is 226. The van der Waals surface area contributed by atoms with E-state index in [0.29, 0.717) is 12.6 Å². The van der Waals surface area contributed by atoms with Crippen molar-refractivity contribution < 1.29 is 9.47 Å². The molecule has 0 heterocycles. The quantitative estimate of drug-likeness (QED) is 0.579. The average molecular weight is 256 g/mol. The van der Waals surface area contributed by atoms with E-state index in [-0.39, 0.29) is 6.29 Å². The maximum absolute atomic E-state index is 5.83. The van der Waals surface area contributed by atoms with Crippen LogP contribution in [0.1, 0.15) is 32.1 Å². The van der Waals surface area contributed by atoms with E-state index in [4.69, 9.17) is 15.2 Å². The third-order valence-electron chi connectivity index (χ3n) is 4.38. The Morgan fingerprint density at radius 2 is 1.67 bits per heavy atom. The molecule has 4 nitrogen and oxygen atoms in total. The Balaban J connectivity index is 1.71. The number of nitrogens with one attached hydrogen (secondary N) is 1. The molecule has 0 saturated heterocycles. The first-order valence-corrected chi connectivity index (χ1v) is 7.27. The van der Waals surface area contributed by atoms with E-state index in [9.17, 15) is 0 Å². The van der Waals surface area contributed by atoms with Crippen LogP contribution in [-0.2, 0) is 9.47 Å². The monoisotopic (exact) mass is 256 g/mol. The van der Waals surface area contributed by atoms with Gasteiger partial charge in [0.2, 0.25) is 0 Å². The molecule has 0 radical (unpaired) electrons. The standard InChI is InChI=1S/C14H28N2O2/c1-17-14(18-2)7-12(8-15)16-9-13(10-3-4-10)11-5-6-11/h10-14,16H,3-9,15H2,1-2H3. The van der Waals surface area contributed by atoms with Crippen LogP contribution in [0.5, 0.6) is 0 Å². The zero-order chi connectivity index (χ0) is 13.0. The Morgan fingerprint density at radius 3 is 2.06 bits per heavy atom. The highest BCUT2D eigenvalue weighted by molar-refractivity contribution is 4.93. The molecule has 0 aromatic rings. The van der Waals surface area contributed by atoms with Crippen molar-refractivity contribution in [3.05, 3.63) is 0 Å². The summed E-state index contributed by atoms with van der Waals surface area (Å²) < 4.78 is 10.5. The fourth-order valence-electron chi connectivity index (χ4n) is 2.85. The third-order valence-corrected chi connectivity index (χ3v) is 4.38. The van der Waals surface area contributed by atoms with Crippen molar-refractivity contribution in [3.8, 4) is 0 Å². The van der Waals surface area contributed by atoms with Gasteiger partial charge in [-0.1, -0.05) is 0 Å². The second-order valence-electron chi connectivity index (χ2n) is 5.82. The van der Waals surface area contributed by atoms with Gasteiger partial charge in [0.15, 0.2) is 6.29 Å². The first-order chi connectivity index (χ1) is 8.78. The van der Waals surface area contributed by atoms with E-state index >= 15 is 0 Å². The van der Waals surface area contributed by atoms with Gasteiger partial charge in [0, 0.05) is 33.2 Å². The molecular formula is C14H28N2O2. The lowest BCUT2D eigenvalue weighted by Gasteiger charge is -2.24. The summed E-state index contributed by atoms with van der Waals surface area (Å²) in [7, 11) is 3.36. The lowest BCUT2D eigenvalue weighted by molar-refractivity contribution is -0.110. The summed E-state index contributed by atoms with van der Waals surface area (Å²) in [6.07, 6.45) is 6.44. The van der Waals surface area contributed by atoms with Crippen LogP contribution in [0.3, 0.4) is 0 Å². The maximum Gasteiger partial charge on any atom is 0.158 e. The van der Waals surface area contributed by atoms with Gasteiger partial charge < -0.3 is 20.5 Å². The zero-order valence-corrected chi connectivity index (χ0v) is 11.7. The predicted octanol–water partition coefficient (Wildman–Crippen LogP) is 1.35. The number of hydrogen-bond acceptors (Lipinski definition) is 4. The van der Waals surface area contributed by atoms with E-state index in [1.54, 1.807) is 14.2 Å². The second-order valence-corrected chi connectivity index (χ2v) is 5.82. The van der Waals surface area contributed by atoms with Crippen molar-refractivity contribution in [2.45, 2.75) is 44.4 Å². The Labute approximate surface area is 111 Å². The van der Waals surface area contributed by atoms with Crippen molar-refractivity contribution in [2.75, 3.05) is 27.3 Å². The molecule has 18 heavy (non-hydrogen) atoms. The summed E-state index contributed by atoms with van der Waals surface area (Å²) in [5, 5.41) is 3.63. The van der Waals surface area contributed by atoms with Crippen LogP contribution in [-0.4, -0.2) is 39.6 Å². The minimum Gasteiger partial charge on any atom is -0.356 e. The zero-order valence-electron chi connectivity index (χ0n) is 11.7. The van der Waals surface area contributed by atoms with E-state index in [1.807, 2.05) is 0 Å². The Kier molecular flexibility index (Phi) is 5.42. The lowest BCUT2D eigenvalue weighted by atomic mass is 9.97. The number of rotatable bonds is 10.